The van der Waals surface area contributed by atoms with E-state index in [9.17, 15) is 9.50 Å². The zero-order valence-corrected chi connectivity index (χ0v) is 8.18. The van der Waals surface area contributed by atoms with E-state index in [0.717, 1.165) is 0 Å². The van der Waals surface area contributed by atoms with Crippen LogP contribution in [0, 0.1) is 0 Å². The van der Waals surface area contributed by atoms with Gasteiger partial charge in [-0.15, -0.1) is 0 Å². The molecule has 2 rings (SSSR count). The lowest BCUT2D eigenvalue weighted by atomic mass is 9.91. The van der Waals surface area contributed by atoms with Crippen molar-refractivity contribution in [3.8, 4) is 5.75 Å². The molecule has 0 bridgehead atoms. The molecule has 0 aliphatic carbocycles. The first-order valence-electron chi connectivity index (χ1n) is 4.82. The maximum absolute atomic E-state index is 14.2. The number of rotatable bonds is 0. The van der Waals surface area contributed by atoms with Gasteiger partial charge in [0.2, 0.25) is 0 Å². The van der Waals surface area contributed by atoms with Crippen molar-refractivity contribution in [1.82, 2.24) is 5.32 Å². The van der Waals surface area contributed by atoms with Gasteiger partial charge in [-0.25, -0.2) is 4.39 Å². The number of aromatic hydroxyl groups is 1. The molecule has 2 nitrogen and oxygen atoms in total. The number of phenolic OH excluding ortho intramolecular Hbond substituents is 1. The molecule has 1 heterocycles. The molecule has 1 aromatic rings. The zero-order chi connectivity index (χ0) is 10.2. The second-order valence-electron chi connectivity index (χ2n) is 3.93. The van der Waals surface area contributed by atoms with Crippen molar-refractivity contribution in [3.05, 3.63) is 29.3 Å². The summed E-state index contributed by atoms with van der Waals surface area (Å²) in [7, 11) is 0. The van der Waals surface area contributed by atoms with Gasteiger partial charge in [-0.05, 0) is 31.5 Å². The Labute approximate surface area is 82.8 Å². The molecule has 14 heavy (non-hydrogen) atoms. The van der Waals surface area contributed by atoms with E-state index in [4.69, 9.17) is 0 Å². The molecule has 0 saturated heterocycles. The summed E-state index contributed by atoms with van der Waals surface area (Å²) >= 11 is 0. The summed E-state index contributed by atoms with van der Waals surface area (Å²) in [6, 6.07) is 5.04. The van der Waals surface area contributed by atoms with Crippen LogP contribution in [-0.4, -0.2) is 11.7 Å². The lowest BCUT2D eigenvalue weighted by molar-refractivity contribution is 0.180. The van der Waals surface area contributed by atoms with Crippen molar-refractivity contribution in [2.45, 2.75) is 25.6 Å². The normalized spacial score (nSPS) is 26.7. The van der Waals surface area contributed by atoms with Crippen LogP contribution >= 0.6 is 0 Å². The molecule has 0 fully saturated rings. The van der Waals surface area contributed by atoms with Crippen molar-refractivity contribution in [3.63, 3.8) is 0 Å². The van der Waals surface area contributed by atoms with Crippen molar-refractivity contribution < 1.29 is 9.50 Å². The highest BCUT2D eigenvalue weighted by atomic mass is 19.1. The summed E-state index contributed by atoms with van der Waals surface area (Å²) in [6.45, 7) is 2.75. The third kappa shape index (κ3) is 1.48. The average Bonchev–Trinajstić information content (AvgIpc) is 2.27. The predicted octanol–water partition coefficient (Wildman–Crippen LogP) is 2.07. The molecule has 0 amide bonds. The van der Waals surface area contributed by atoms with Gasteiger partial charge < -0.3 is 10.4 Å². The summed E-state index contributed by atoms with van der Waals surface area (Å²) < 4.78 is 14.2. The Kier molecular flexibility index (Phi) is 2.19. The van der Waals surface area contributed by atoms with Gasteiger partial charge in [0.15, 0.2) is 0 Å². The van der Waals surface area contributed by atoms with E-state index in [1.165, 1.54) is 0 Å². The number of hydrogen-bond donors (Lipinski definition) is 2. The second kappa shape index (κ2) is 3.24. The highest BCUT2D eigenvalue weighted by Crippen LogP contribution is 2.36. The van der Waals surface area contributed by atoms with Gasteiger partial charge in [-0.1, -0.05) is 12.1 Å². The van der Waals surface area contributed by atoms with Crippen molar-refractivity contribution in [2.24, 2.45) is 0 Å². The molecular weight excluding hydrogens is 181 g/mol. The summed E-state index contributed by atoms with van der Waals surface area (Å²) in [5.74, 6) is 0.181. The summed E-state index contributed by atoms with van der Waals surface area (Å²) in [4.78, 5) is 0. The van der Waals surface area contributed by atoms with E-state index in [2.05, 4.69) is 5.32 Å². The lowest BCUT2D eigenvalue weighted by Crippen LogP contribution is -2.18. The van der Waals surface area contributed by atoms with E-state index in [1.54, 1.807) is 25.1 Å². The topological polar surface area (TPSA) is 32.3 Å². The first kappa shape index (κ1) is 9.46. The molecule has 1 aromatic carbocycles. The molecule has 1 atom stereocenters. The number of phenols is 1. The molecule has 2 N–H and O–H groups in total. The Hall–Kier alpha value is -1.09. The van der Waals surface area contributed by atoms with E-state index < -0.39 is 5.67 Å². The molecule has 1 aliphatic rings. The van der Waals surface area contributed by atoms with Crippen LogP contribution in [0.4, 0.5) is 4.39 Å². The zero-order valence-electron chi connectivity index (χ0n) is 8.18. The van der Waals surface area contributed by atoms with Gasteiger partial charge in [-0.2, -0.15) is 0 Å². The third-order valence-electron chi connectivity index (χ3n) is 2.79. The number of hydrogen-bond acceptors (Lipinski definition) is 2. The molecule has 1 unspecified atom stereocenters. The fraction of sp³-hybridized carbons (Fsp3) is 0.455. The van der Waals surface area contributed by atoms with Gasteiger partial charge in [0.1, 0.15) is 11.4 Å². The van der Waals surface area contributed by atoms with E-state index >= 15 is 0 Å². The van der Waals surface area contributed by atoms with E-state index in [1.807, 2.05) is 0 Å². The largest absolute Gasteiger partial charge is 0.508 e. The maximum atomic E-state index is 14.2. The lowest BCUT2D eigenvalue weighted by Gasteiger charge is -2.20. The van der Waals surface area contributed by atoms with E-state index in [-0.39, 0.29) is 5.75 Å². The van der Waals surface area contributed by atoms with Crippen LogP contribution in [0.2, 0.25) is 0 Å². The first-order valence-corrected chi connectivity index (χ1v) is 4.82. The minimum absolute atomic E-state index is 0.181. The summed E-state index contributed by atoms with van der Waals surface area (Å²) in [6.07, 6.45) is 0.448. The van der Waals surface area contributed by atoms with Gasteiger partial charge in [0.05, 0.1) is 0 Å². The number of alkyl halides is 1. The molecule has 0 radical (unpaired) electrons. The van der Waals surface area contributed by atoms with Crippen molar-refractivity contribution >= 4 is 0 Å². The molecular formula is C11H14FNO. The Morgan fingerprint density at radius 1 is 1.50 bits per heavy atom. The standard InChI is InChI=1S/C11H14FNO/c1-11(12)5-6-13-7-8-9(11)3-2-4-10(8)14/h2-4,13-14H,5-7H2,1H3. The van der Waals surface area contributed by atoms with Crippen LogP contribution < -0.4 is 5.32 Å². The van der Waals surface area contributed by atoms with Crippen LogP contribution in [0.25, 0.3) is 0 Å². The third-order valence-corrected chi connectivity index (χ3v) is 2.79. The minimum atomic E-state index is -1.34. The maximum Gasteiger partial charge on any atom is 0.134 e. The predicted molar refractivity (Wildman–Crippen MR) is 52.9 cm³/mol. The van der Waals surface area contributed by atoms with Crippen LogP contribution in [0.1, 0.15) is 24.5 Å². The number of benzene rings is 1. The molecule has 0 saturated carbocycles. The second-order valence-corrected chi connectivity index (χ2v) is 3.93. The van der Waals surface area contributed by atoms with Crippen LogP contribution in [0.5, 0.6) is 5.75 Å². The van der Waals surface area contributed by atoms with E-state index in [0.29, 0.717) is 30.6 Å². The van der Waals surface area contributed by atoms with Gasteiger partial charge >= 0.3 is 0 Å². The smallest absolute Gasteiger partial charge is 0.134 e. The number of nitrogens with one attached hydrogen (secondary N) is 1. The fourth-order valence-electron chi connectivity index (χ4n) is 1.92. The molecule has 3 heteroatoms. The van der Waals surface area contributed by atoms with Crippen molar-refractivity contribution in [2.75, 3.05) is 6.54 Å². The van der Waals surface area contributed by atoms with Gasteiger partial charge in [0, 0.05) is 12.1 Å². The van der Waals surface area contributed by atoms with Crippen molar-refractivity contribution in [1.29, 1.82) is 0 Å². The molecule has 0 spiro atoms. The quantitative estimate of drug-likeness (QED) is 0.664. The minimum Gasteiger partial charge on any atom is -0.508 e. The highest BCUT2D eigenvalue weighted by molar-refractivity contribution is 5.42. The van der Waals surface area contributed by atoms with Crippen LogP contribution in [0.15, 0.2) is 18.2 Å². The average molecular weight is 195 g/mol. The molecule has 0 aromatic heterocycles. The Balaban J connectivity index is 2.56. The Morgan fingerprint density at radius 3 is 3.07 bits per heavy atom. The Morgan fingerprint density at radius 2 is 2.29 bits per heavy atom. The molecule has 1 aliphatic heterocycles. The number of fused-ring (bicyclic) bond motifs is 1. The SMILES string of the molecule is CC1(F)CCNCc2c(O)cccc21. The summed E-state index contributed by atoms with van der Waals surface area (Å²) in [5, 5.41) is 12.7. The van der Waals surface area contributed by atoms with Gasteiger partial charge in [0.25, 0.3) is 0 Å². The molecule has 76 valence electrons. The Bertz CT molecular complexity index is 349. The monoisotopic (exact) mass is 195 g/mol. The van der Waals surface area contributed by atoms with Gasteiger partial charge in [-0.3, -0.25) is 0 Å². The van der Waals surface area contributed by atoms with Crippen LogP contribution in [0.3, 0.4) is 0 Å². The fourth-order valence-corrected chi connectivity index (χ4v) is 1.92. The summed E-state index contributed by atoms with van der Waals surface area (Å²) in [5.41, 5.74) is -0.0325. The highest BCUT2D eigenvalue weighted by Gasteiger charge is 2.30. The number of halogens is 1. The first-order chi connectivity index (χ1) is 6.61. The van der Waals surface area contributed by atoms with Crippen LogP contribution in [-0.2, 0) is 12.2 Å².